The lowest BCUT2D eigenvalue weighted by atomic mass is 10.1. The monoisotopic (exact) mass is 319 g/mol. The second-order valence-electron chi connectivity index (χ2n) is 5.11. The van der Waals surface area contributed by atoms with Crippen LogP contribution >= 0.6 is 11.3 Å². The van der Waals surface area contributed by atoms with Gasteiger partial charge in [0.2, 0.25) is 5.13 Å². The molecule has 1 aromatic carbocycles. The molecule has 0 unspecified atom stereocenters. The SMILES string of the molecule is CCC(CC)c1nnc(NC(=O)COc2ccc(C)cc2)s1. The van der Waals surface area contributed by atoms with Crippen LogP contribution in [0.1, 0.15) is 43.2 Å². The molecule has 2 rings (SSSR count). The first-order chi connectivity index (χ1) is 10.6. The molecule has 6 heteroatoms. The fourth-order valence-electron chi connectivity index (χ4n) is 2.03. The molecule has 0 aliphatic heterocycles. The minimum Gasteiger partial charge on any atom is -0.484 e. The molecule has 0 fully saturated rings. The maximum absolute atomic E-state index is 11.9. The van der Waals surface area contributed by atoms with Gasteiger partial charge < -0.3 is 4.74 Å². The molecule has 0 bridgehead atoms. The standard InChI is InChI=1S/C16H21N3O2S/c1-4-12(5-2)15-18-19-16(22-15)17-14(20)10-21-13-8-6-11(3)7-9-13/h6-9,12H,4-5,10H2,1-3H3,(H,17,19,20). The molecule has 0 radical (unpaired) electrons. The number of hydrogen-bond donors (Lipinski definition) is 1. The summed E-state index contributed by atoms with van der Waals surface area (Å²) >= 11 is 1.43. The number of anilines is 1. The van der Waals surface area contributed by atoms with E-state index in [0.717, 1.165) is 23.4 Å². The van der Waals surface area contributed by atoms with Crippen molar-refractivity contribution in [3.05, 3.63) is 34.8 Å². The van der Waals surface area contributed by atoms with Gasteiger partial charge in [-0.3, -0.25) is 10.1 Å². The number of aromatic nitrogens is 2. The second kappa shape index (κ2) is 7.89. The Hall–Kier alpha value is -1.95. The molecule has 1 amide bonds. The Morgan fingerprint density at radius 3 is 2.55 bits per heavy atom. The van der Waals surface area contributed by atoms with E-state index in [-0.39, 0.29) is 12.5 Å². The van der Waals surface area contributed by atoms with Gasteiger partial charge in [0, 0.05) is 5.92 Å². The molecule has 0 aliphatic rings. The van der Waals surface area contributed by atoms with E-state index in [9.17, 15) is 4.79 Å². The van der Waals surface area contributed by atoms with Crippen LogP contribution in [0.5, 0.6) is 5.75 Å². The van der Waals surface area contributed by atoms with Gasteiger partial charge in [-0.2, -0.15) is 0 Å². The Bertz CT molecular complexity index is 606. The zero-order valence-corrected chi connectivity index (χ0v) is 13.9. The molecule has 0 aliphatic carbocycles. The van der Waals surface area contributed by atoms with Crippen LogP contribution in [-0.4, -0.2) is 22.7 Å². The minimum atomic E-state index is -0.229. The average Bonchev–Trinajstić information content (AvgIpc) is 2.96. The molecular formula is C16H21N3O2S. The number of amides is 1. The summed E-state index contributed by atoms with van der Waals surface area (Å²) in [6, 6.07) is 7.58. The summed E-state index contributed by atoms with van der Waals surface area (Å²) in [7, 11) is 0. The number of nitrogens with one attached hydrogen (secondary N) is 1. The molecule has 118 valence electrons. The van der Waals surface area contributed by atoms with E-state index in [1.807, 2.05) is 31.2 Å². The molecule has 1 N–H and O–H groups in total. The summed E-state index contributed by atoms with van der Waals surface area (Å²) in [5.74, 6) is 0.857. The highest BCUT2D eigenvalue weighted by molar-refractivity contribution is 7.15. The van der Waals surface area contributed by atoms with Crippen molar-refractivity contribution in [3.8, 4) is 5.75 Å². The average molecular weight is 319 g/mol. The Balaban J connectivity index is 1.85. The van der Waals surface area contributed by atoms with Gasteiger partial charge in [0.25, 0.3) is 5.91 Å². The predicted molar refractivity (Wildman–Crippen MR) is 88.5 cm³/mol. The van der Waals surface area contributed by atoms with Crippen molar-refractivity contribution < 1.29 is 9.53 Å². The highest BCUT2D eigenvalue weighted by atomic mass is 32.1. The van der Waals surface area contributed by atoms with Gasteiger partial charge in [-0.15, -0.1) is 10.2 Å². The molecule has 0 spiro atoms. The maximum atomic E-state index is 11.9. The van der Waals surface area contributed by atoms with Gasteiger partial charge in [-0.25, -0.2) is 0 Å². The maximum Gasteiger partial charge on any atom is 0.264 e. The molecule has 2 aromatic rings. The van der Waals surface area contributed by atoms with Gasteiger partial charge in [0.1, 0.15) is 10.8 Å². The highest BCUT2D eigenvalue weighted by Gasteiger charge is 2.14. The van der Waals surface area contributed by atoms with Crippen LogP contribution in [0, 0.1) is 6.92 Å². The first-order valence-electron chi connectivity index (χ1n) is 7.45. The van der Waals surface area contributed by atoms with Gasteiger partial charge in [0.05, 0.1) is 0 Å². The summed E-state index contributed by atoms with van der Waals surface area (Å²) in [5, 5.41) is 12.4. The molecule has 5 nitrogen and oxygen atoms in total. The van der Waals surface area contributed by atoms with Crippen molar-refractivity contribution in [2.75, 3.05) is 11.9 Å². The third kappa shape index (κ3) is 4.53. The van der Waals surface area contributed by atoms with Crippen LogP contribution in [0.15, 0.2) is 24.3 Å². The van der Waals surface area contributed by atoms with E-state index < -0.39 is 0 Å². The topological polar surface area (TPSA) is 64.1 Å². The summed E-state index contributed by atoms with van der Waals surface area (Å²) in [6.07, 6.45) is 2.05. The zero-order chi connectivity index (χ0) is 15.9. The Morgan fingerprint density at radius 1 is 1.23 bits per heavy atom. The lowest BCUT2D eigenvalue weighted by Gasteiger charge is -2.06. The number of rotatable bonds is 7. The Morgan fingerprint density at radius 2 is 1.91 bits per heavy atom. The molecule has 22 heavy (non-hydrogen) atoms. The first-order valence-corrected chi connectivity index (χ1v) is 8.26. The molecule has 0 saturated heterocycles. The number of aryl methyl sites for hydroxylation is 1. The molecule has 0 atom stereocenters. The number of benzene rings is 1. The summed E-state index contributed by atoms with van der Waals surface area (Å²) in [4.78, 5) is 11.9. The Labute approximate surface area is 134 Å². The summed E-state index contributed by atoms with van der Waals surface area (Å²) in [6.45, 7) is 6.22. The first kappa shape index (κ1) is 16.4. The van der Waals surface area contributed by atoms with Crippen molar-refractivity contribution in [2.45, 2.75) is 39.5 Å². The lowest BCUT2D eigenvalue weighted by Crippen LogP contribution is -2.20. The van der Waals surface area contributed by atoms with Crippen LogP contribution in [0.3, 0.4) is 0 Å². The number of carbonyl (C=O) groups is 1. The van der Waals surface area contributed by atoms with E-state index in [4.69, 9.17) is 4.74 Å². The van der Waals surface area contributed by atoms with Gasteiger partial charge in [0.15, 0.2) is 6.61 Å². The van der Waals surface area contributed by atoms with E-state index in [2.05, 4.69) is 29.4 Å². The third-order valence-electron chi connectivity index (χ3n) is 3.41. The van der Waals surface area contributed by atoms with Gasteiger partial charge in [-0.1, -0.05) is 42.9 Å². The molecule has 1 aromatic heterocycles. The molecule has 0 saturated carbocycles. The van der Waals surface area contributed by atoms with Crippen molar-refractivity contribution in [1.82, 2.24) is 10.2 Å². The quantitative estimate of drug-likeness (QED) is 0.844. The number of carbonyl (C=O) groups excluding carboxylic acids is 1. The van der Waals surface area contributed by atoms with Crippen LogP contribution < -0.4 is 10.1 Å². The van der Waals surface area contributed by atoms with Crippen molar-refractivity contribution >= 4 is 22.4 Å². The number of ether oxygens (including phenoxy) is 1. The molecule has 1 heterocycles. The number of nitrogens with zero attached hydrogens (tertiary/aromatic N) is 2. The summed E-state index contributed by atoms with van der Waals surface area (Å²) < 4.78 is 5.44. The van der Waals surface area contributed by atoms with Crippen LogP contribution in [0.2, 0.25) is 0 Å². The normalized spacial score (nSPS) is 10.7. The van der Waals surface area contributed by atoms with E-state index >= 15 is 0 Å². The van der Waals surface area contributed by atoms with E-state index in [0.29, 0.717) is 16.8 Å². The fourth-order valence-corrected chi connectivity index (χ4v) is 3.05. The van der Waals surface area contributed by atoms with Crippen LogP contribution in [0.4, 0.5) is 5.13 Å². The second-order valence-corrected chi connectivity index (χ2v) is 6.12. The number of hydrogen-bond acceptors (Lipinski definition) is 5. The zero-order valence-electron chi connectivity index (χ0n) is 13.1. The minimum absolute atomic E-state index is 0.0387. The third-order valence-corrected chi connectivity index (χ3v) is 4.41. The highest BCUT2D eigenvalue weighted by Crippen LogP contribution is 2.27. The Kier molecular flexibility index (Phi) is 5.89. The predicted octanol–water partition coefficient (Wildman–Crippen LogP) is 3.77. The largest absolute Gasteiger partial charge is 0.484 e. The van der Waals surface area contributed by atoms with E-state index in [1.165, 1.54) is 11.3 Å². The van der Waals surface area contributed by atoms with Gasteiger partial charge >= 0.3 is 0 Å². The van der Waals surface area contributed by atoms with Crippen LogP contribution in [0.25, 0.3) is 0 Å². The van der Waals surface area contributed by atoms with Crippen molar-refractivity contribution in [1.29, 1.82) is 0 Å². The lowest BCUT2D eigenvalue weighted by molar-refractivity contribution is -0.118. The van der Waals surface area contributed by atoms with Crippen LogP contribution in [-0.2, 0) is 4.79 Å². The summed E-state index contributed by atoms with van der Waals surface area (Å²) in [5.41, 5.74) is 1.15. The van der Waals surface area contributed by atoms with Crippen molar-refractivity contribution in [2.24, 2.45) is 0 Å². The molecular weight excluding hydrogens is 298 g/mol. The van der Waals surface area contributed by atoms with Gasteiger partial charge in [-0.05, 0) is 31.9 Å². The van der Waals surface area contributed by atoms with Crippen molar-refractivity contribution in [3.63, 3.8) is 0 Å². The smallest absolute Gasteiger partial charge is 0.264 e. The fraction of sp³-hybridized carbons (Fsp3) is 0.438. The van der Waals surface area contributed by atoms with E-state index in [1.54, 1.807) is 0 Å².